The summed E-state index contributed by atoms with van der Waals surface area (Å²) in [4.78, 5) is 2.63. The van der Waals surface area contributed by atoms with Crippen molar-refractivity contribution in [2.24, 2.45) is 5.92 Å². The van der Waals surface area contributed by atoms with Crippen molar-refractivity contribution in [3.05, 3.63) is 23.7 Å². The standard InChI is InChI=1S/C17H30N2O/c1-4-18-10-15-9-17(20-13-15)12-19(11-14(2)3)16-7-5-6-8-16/h9,13-14,16,18H,4-8,10-12H2,1-3H3. The highest BCUT2D eigenvalue weighted by Gasteiger charge is 2.24. The van der Waals surface area contributed by atoms with Gasteiger partial charge >= 0.3 is 0 Å². The van der Waals surface area contributed by atoms with Gasteiger partial charge in [0, 0.05) is 24.7 Å². The zero-order valence-electron chi connectivity index (χ0n) is 13.3. The molecule has 0 saturated heterocycles. The maximum atomic E-state index is 5.75. The fourth-order valence-corrected chi connectivity index (χ4v) is 3.15. The van der Waals surface area contributed by atoms with Gasteiger partial charge < -0.3 is 9.73 Å². The molecule has 0 aliphatic heterocycles. The van der Waals surface area contributed by atoms with Crippen molar-refractivity contribution >= 4 is 0 Å². The molecule has 0 unspecified atom stereocenters. The number of hydrogen-bond donors (Lipinski definition) is 1. The summed E-state index contributed by atoms with van der Waals surface area (Å²) in [6, 6.07) is 2.98. The highest BCUT2D eigenvalue weighted by molar-refractivity contribution is 5.12. The smallest absolute Gasteiger partial charge is 0.118 e. The molecule has 1 aliphatic carbocycles. The minimum atomic E-state index is 0.715. The minimum absolute atomic E-state index is 0.715. The molecule has 114 valence electrons. The van der Waals surface area contributed by atoms with Crippen LogP contribution in [0.2, 0.25) is 0 Å². The van der Waals surface area contributed by atoms with Crippen LogP contribution in [-0.2, 0) is 13.1 Å². The highest BCUT2D eigenvalue weighted by atomic mass is 16.3. The second-order valence-electron chi connectivity index (χ2n) is 6.46. The molecule has 1 heterocycles. The normalized spacial score (nSPS) is 16.6. The predicted molar refractivity (Wildman–Crippen MR) is 83.6 cm³/mol. The Labute approximate surface area is 123 Å². The van der Waals surface area contributed by atoms with E-state index in [-0.39, 0.29) is 0 Å². The molecular formula is C17H30N2O. The fourth-order valence-electron chi connectivity index (χ4n) is 3.15. The molecule has 0 spiro atoms. The maximum absolute atomic E-state index is 5.75. The van der Waals surface area contributed by atoms with Crippen molar-refractivity contribution in [2.75, 3.05) is 13.1 Å². The number of furan rings is 1. The molecule has 3 nitrogen and oxygen atoms in total. The average Bonchev–Trinajstić information content (AvgIpc) is 3.06. The zero-order chi connectivity index (χ0) is 14.4. The van der Waals surface area contributed by atoms with Crippen LogP contribution in [0.4, 0.5) is 0 Å². The van der Waals surface area contributed by atoms with Crippen molar-refractivity contribution in [1.29, 1.82) is 0 Å². The van der Waals surface area contributed by atoms with Gasteiger partial charge in [-0.1, -0.05) is 33.6 Å². The van der Waals surface area contributed by atoms with E-state index in [0.29, 0.717) is 5.92 Å². The third-order valence-electron chi connectivity index (χ3n) is 4.09. The van der Waals surface area contributed by atoms with Crippen LogP contribution in [0.1, 0.15) is 57.8 Å². The third kappa shape index (κ3) is 4.64. The summed E-state index contributed by atoms with van der Waals surface area (Å²) < 4.78 is 5.75. The molecule has 0 atom stereocenters. The topological polar surface area (TPSA) is 28.4 Å². The molecular weight excluding hydrogens is 248 g/mol. The van der Waals surface area contributed by atoms with Gasteiger partial charge in [-0.3, -0.25) is 4.90 Å². The average molecular weight is 278 g/mol. The van der Waals surface area contributed by atoms with E-state index in [9.17, 15) is 0 Å². The maximum Gasteiger partial charge on any atom is 0.118 e. The van der Waals surface area contributed by atoms with E-state index < -0.39 is 0 Å². The predicted octanol–water partition coefficient (Wildman–Crippen LogP) is 3.79. The summed E-state index contributed by atoms with van der Waals surface area (Å²) in [6.45, 7) is 10.8. The zero-order valence-corrected chi connectivity index (χ0v) is 13.3. The minimum Gasteiger partial charge on any atom is -0.468 e. The summed E-state index contributed by atoms with van der Waals surface area (Å²) in [5, 5.41) is 3.34. The lowest BCUT2D eigenvalue weighted by Crippen LogP contribution is -2.35. The Hall–Kier alpha value is -0.800. The number of rotatable bonds is 8. The van der Waals surface area contributed by atoms with Crippen LogP contribution in [0.3, 0.4) is 0 Å². The van der Waals surface area contributed by atoms with Gasteiger partial charge in [-0.15, -0.1) is 0 Å². The van der Waals surface area contributed by atoms with Crippen LogP contribution in [-0.4, -0.2) is 24.0 Å². The fraction of sp³-hybridized carbons (Fsp3) is 0.765. The Bertz CT molecular complexity index is 380. The van der Waals surface area contributed by atoms with E-state index in [1.807, 2.05) is 6.26 Å². The van der Waals surface area contributed by atoms with Crippen LogP contribution >= 0.6 is 0 Å². The largest absolute Gasteiger partial charge is 0.468 e. The van der Waals surface area contributed by atoms with Crippen molar-refractivity contribution < 1.29 is 4.42 Å². The highest BCUT2D eigenvalue weighted by Crippen LogP contribution is 2.26. The first kappa shape index (κ1) is 15.6. The molecule has 3 heteroatoms. The molecule has 1 aromatic heterocycles. The summed E-state index contributed by atoms with van der Waals surface area (Å²) in [5.41, 5.74) is 1.26. The van der Waals surface area contributed by atoms with Crippen molar-refractivity contribution in [2.45, 2.75) is 65.6 Å². The van der Waals surface area contributed by atoms with Gasteiger partial charge in [-0.2, -0.15) is 0 Å². The number of hydrogen-bond acceptors (Lipinski definition) is 3. The lowest BCUT2D eigenvalue weighted by Gasteiger charge is -2.29. The lowest BCUT2D eigenvalue weighted by atomic mass is 10.1. The van der Waals surface area contributed by atoms with Gasteiger partial charge in [0.2, 0.25) is 0 Å². The van der Waals surface area contributed by atoms with E-state index >= 15 is 0 Å². The first-order chi connectivity index (χ1) is 9.69. The lowest BCUT2D eigenvalue weighted by molar-refractivity contribution is 0.156. The second kappa shape index (κ2) is 7.84. The van der Waals surface area contributed by atoms with Crippen molar-refractivity contribution in [3.8, 4) is 0 Å². The second-order valence-corrected chi connectivity index (χ2v) is 6.46. The van der Waals surface area contributed by atoms with Crippen LogP contribution in [0, 0.1) is 5.92 Å². The summed E-state index contributed by atoms with van der Waals surface area (Å²) in [5.74, 6) is 1.83. The Morgan fingerprint density at radius 2 is 2.10 bits per heavy atom. The van der Waals surface area contributed by atoms with Crippen LogP contribution in [0.15, 0.2) is 16.7 Å². The first-order valence-electron chi connectivity index (χ1n) is 8.20. The molecule has 2 rings (SSSR count). The Balaban J connectivity index is 1.93. The van der Waals surface area contributed by atoms with E-state index in [0.717, 1.165) is 31.4 Å². The van der Waals surface area contributed by atoms with Gasteiger partial charge in [0.25, 0.3) is 0 Å². The van der Waals surface area contributed by atoms with E-state index in [1.54, 1.807) is 0 Å². The van der Waals surface area contributed by atoms with Gasteiger partial charge in [-0.05, 0) is 31.4 Å². The molecule has 0 aromatic carbocycles. The van der Waals surface area contributed by atoms with E-state index in [2.05, 4.69) is 37.1 Å². The van der Waals surface area contributed by atoms with Gasteiger partial charge in [0.1, 0.15) is 5.76 Å². The van der Waals surface area contributed by atoms with Crippen molar-refractivity contribution in [1.82, 2.24) is 10.2 Å². The summed E-state index contributed by atoms with van der Waals surface area (Å²) in [7, 11) is 0. The molecule has 0 amide bonds. The molecule has 0 bridgehead atoms. The number of nitrogens with one attached hydrogen (secondary N) is 1. The third-order valence-corrected chi connectivity index (χ3v) is 4.09. The van der Waals surface area contributed by atoms with E-state index in [1.165, 1.54) is 37.8 Å². The molecule has 0 radical (unpaired) electrons. The van der Waals surface area contributed by atoms with E-state index in [4.69, 9.17) is 4.42 Å². The van der Waals surface area contributed by atoms with Crippen LogP contribution < -0.4 is 5.32 Å². The van der Waals surface area contributed by atoms with Gasteiger partial charge in [0.15, 0.2) is 0 Å². The molecule has 1 saturated carbocycles. The van der Waals surface area contributed by atoms with Crippen LogP contribution in [0.25, 0.3) is 0 Å². The summed E-state index contributed by atoms with van der Waals surface area (Å²) in [6.07, 6.45) is 7.40. The Morgan fingerprint density at radius 3 is 2.75 bits per heavy atom. The molecule has 1 N–H and O–H groups in total. The van der Waals surface area contributed by atoms with Crippen LogP contribution in [0.5, 0.6) is 0 Å². The van der Waals surface area contributed by atoms with Gasteiger partial charge in [-0.25, -0.2) is 0 Å². The van der Waals surface area contributed by atoms with Crippen molar-refractivity contribution in [3.63, 3.8) is 0 Å². The molecule has 1 aliphatic rings. The SMILES string of the molecule is CCNCc1coc(CN(CC(C)C)C2CCCC2)c1. The molecule has 1 aromatic rings. The molecule has 1 fully saturated rings. The molecule has 20 heavy (non-hydrogen) atoms. The monoisotopic (exact) mass is 278 g/mol. The number of nitrogens with zero attached hydrogens (tertiary/aromatic N) is 1. The Kier molecular flexibility index (Phi) is 6.11. The Morgan fingerprint density at radius 1 is 1.35 bits per heavy atom. The quantitative estimate of drug-likeness (QED) is 0.784. The van der Waals surface area contributed by atoms with Gasteiger partial charge in [0.05, 0.1) is 12.8 Å². The first-order valence-corrected chi connectivity index (χ1v) is 8.20. The summed E-state index contributed by atoms with van der Waals surface area (Å²) >= 11 is 0.